The van der Waals surface area contributed by atoms with Crippen molar-refractivity contribution in [3.63, 3.8) is 0 Å². The van der Waals surface area contributed by atoms with Crippen LogP contribution in [0.25, 0.3) is 11.8 Å². The number of carbonyl (C=O) groups excluding carboxylic acids is 1. The third kappa shape index (κ3) is 2.78. The number of carbonyl (C=O) groups is 1. The summed E-state index contributed by atoms with van der Waals surface area (Å²) in [4.78, 5) is 22.0. The smallest absolute Gasteiger partial charge is 0.343 e. The van der Waals surface area contributed by atoms with E-state index in [9.17, 15) is 14.9 Å². The molecule has 0 fully saturated rings. The van der Waals surface area contributed by atoms with E-state index in [2.05, 4.69) is 0 Å². The lowest BCUT2D eigenvalue weighted by Crippen LogP contribution is -1.97. The highest BCUT2D eigenvalue weighted by Crippen LogP contribution is 2.27. The predicted molar refractivity (Wildman–Crippen MR) is 81.6 cm³/mol. The number of rotatable bonds is 3. The van der Waals surface area contributed by atoms with E-state index in [-0.39, 0.29) is 5.69 Å². The van der Waals surface area contributed by atoms with Crippen LogP contribution in [-0.4, -0.2) is 10.9 Å². The molecule has 0 N–H and O–H groups in total. The summed E-state index contributed by atoms with van der Waals surface area (Å²) in [5.74, 6) is 0.0657. The molecule has 0 saturated heterocycles. The Bertz CT molecular complexity index is 789. The number of cyclic esters (lactones) is 1. The Balaban J connectivity index is 1.89. The van der Waals surface area contributed by atoms with E-state index >= 15 is 0 Å². The van der Waals surface area contributed by atoms with Gasteiger partial charge < -0.3 is 4.74 Å². The monoisotopic (exact) mass is 293 g/mol. The minimum Gasteiger partial charge on any atom is -0.422 e. The van der Waals surface area contributed by atoms with Gasteiger partial charge in [0.05, 0.1) is 10.5 Å². The second kappa shape index (κ2) is 5.65. The summed E-state index contributed by atoms with van der Waals surface area (Å²) in [7, 11) is 0. The SMILES string of the molecule is O=C1OC(c2ccccc2)=CC1=Cc1ccc([N+](=O)[O-])cc1. The van der Waals surface area contributed by atoms with E-state index in [4.69, 9.17) is 4.74 Å². The molecular formula is C17H11NO4. The molecule has 0 spiro atoms. The van der Waals surface area contributed by atoms with Crippen LogP contribution in [0.2, 0.25) is 0 Å². The van der Waals surface area contributed by atoms with Crippen LogP contribution < -0.4 is 0 Å². The molecule has 2 aromatic carbocycles. The van der Waals surface area contributed by atoms with Gasteiger partial charge in [0.1, 0.15) is 5.76 Å². The highest BCUT2D eigenvalue weighted by atomic mass is 16.6. The summed E-state index contributed by atoms with van der Waals surface area (Å²) in [6.07, 6.45) is 3.31. The van der Waals surface area contributed by atoms with Gasteiger partial charge in [-0.1, -0.05) is 30.3 Å². The first-order chi connectivity index (χ1) is 10.6. The molecule has 1 aliphatic rings. The minimum absolute atomic E-state index is 0.0108. The molecule has 22 heavy (non-hydrogen) atoms. The molecule has 0 amide bonds. The van der Waals surface area contributed by atoms with Crippen LogP contribution in [0.15, 0.2) is 66.2 Å². The molecule has 5 nitrogen and oxygen atoms in total. The van der Waals surface area contributed by atoms with Crippen LogP contribution in [0.5, 0.6) is 0 Å². The van der Waals surface area contributed by atoms with Crippen LogP contribution >= 0.6 is 0 Å². The van der Waals surface area contributed by atoms with Crippen molar-refractivity contribution in [2.45, 2.75) is 0 Å². The van der Waals surface area contributed by atoms with Crippen LogP contribution in [-0.2, 0) is 9.53 Å². The van der Waals surface area contributed by atoms with Crippen LogP contribution in [0, 0.1) is 10.1 Å². The molecule has 2 aromatic rings. The van der Waals surface area contributed by atoms with Gasteiger partial charge in [-0.3, -0.25) is 10.1 Å². The fourth-order valence-electron chi connectivity index (χ4n) is 2.11. The van der Waals surface area contributed by atoms with Gasteiger partial charge >= 0.3 is 5.97 Å². The quantitative estimate of drug-likeness (QED) is 0.375. The molecule has 0 radical (unpaired) electrons. The zero-order valence-electron chi connectivity index (χ0n) is 11.4. The Kier molecular flexibility index (Phi) is 3.53. The zero-order valence-corrected chi connectivity index (χ0v) is 11.4. The Morgan fingerprint density at radius 3 is 2.32 bits per heavy atom. The first-order valence-electron chi connectivity index (χ1n) is 6.59. The number of hydrogen-bond acceptors (Lipinski definition) is 4. The van der Waals surface area contributed by atoms with E-state index in [1.165, 1.54) is 12.1 Å². The molecule has 1 heterocycles. The standard InChI is InChI=1S/C17H11NO4/c19-17-14(10-12-6-8-15(9-7-12)18(20)21)11-16(22-17)13-4-2-1-3-5-13/h1-11H. The van der Waals surface area contributed by atoms with E-state index in [0.29, 0.717) is 16.9 Å². The lowest BCUT2D eigenvalue weighted by Gasteiger charge is -2.00. The summed E-state index contributed by atoms with van der Waals surface area (Å²) < 4.78 is 5.24. The first kappa shape index (κ1) is 13.8. The number of esters is 1. The van der Waals surface area contributed by atoms with Crippen molar-refractivity contribution >= 4 is 23.5 Å². The van der Waals surface area contributed by atoms with E-state index in [1.807, 2.05) is 30.3 Å². The number of non-ortho nitro benzene ring substituents is 1. The third-order valence-corrected chi connectivity index (χ3v) is 3.21. The topological polar surface area (TPSA) is 69.4 Å². The molecule has 0 bridgehead atoms. The zero-order chi connectivity index (χ0) is 15.5. The predicted octanol–water partition coefficient (Wildman–Crippen LogP) is 3.58. The van der Waals surface area contributed by atoms with Gasteiger partial charge in [-0.25, -0.2) is 4.79 Å². The summed E-state index contributed by atoms with van der Waals surface area (Å²) >= 11 is 0. The van der Waals surface area contributed by atoms with Crippen LogP contribution in [0.1, 0.15) is 11.1 Å². The number of nitro groups is 1. The third-order valence-electron chi connectivity index (χ3n) is 3.21. The average molecular weight is 293 g/mol. The highest BCUT2D eigenvalue weighted by molar-refractivity contribution is 6.05. The van der Waals surface area contributed by atoms with E-state index in [0.717, 1.165) is 5.56 Å². The molecule has 3 rings (SSSR count). The number of ether oxygens (including phenoxy) is 1. The average Bonchev–Trinajstić information content (AvgIpc) is 2.90. The summed E-state index contributed by atoms with van der Waals surface area (Å²) in [5, 5.41) is 10.6. The molecule has 0 atom stereocenters. The van der Waals surface area contributed by atoms with Gasteiger partial charge in [-0.05, 0) is 29.8 Å². The summed E-state index contributed by atoms with van der Waals surface area (Å²) in [6, 6.07) is 15.3. The maximum atomic E-state index is 11.9. The summed E-state index contributed by atoms with van der Waals surface area (Å²) in [6.45, 7) is 0. The van der Waals surface area contributed by atoms with E-state index in [1.54, 1.807) is 24.3 Å². The number of benzene rings is 2. The van der Waals surface area contributed by atoms with Gasteiger partial charge in [0.25, 0.3) is 5.69 Å². The van der Waals surface area contributed by atoms with Crippen molar-refractivity contribution in [2.75, 3.05) is 0 Å². The minimum atomic E-state index is -0.464. The molecule has 1 aliphatic heterocycles. The Hall–Kier alpha value is -3.21. The molecule has 5 heteroatoms. The van der Waals surface area contributed by atoms with E-state index < -0.39 is 10.9 Å². The van der Waals surface area contributed by atoms with Gasteiger partial charge in [0.2, 0.25) is 0 Å². The van der Waals surface area contributed by atoms with Gasteiger partial charge in [0.15, 0.2) is 0 Å². The van der Waals surface area contributed by atoms with Crippen molar-refractivity contribution in [3.8, 4) is 0 Å². The van der Waals surface area contributed by atoms with Crippen LogP contribution in [0.4, 0.5) is 5.69 Å². The molecule has 0 saturated carbocycles. The number of nitro benzene ring substituents is 1. The fourth-order valence-corrected chi connectivity index (χ4v) is 2.11. The number of hydrogen-bond donors (Lipinski definition) is 0. The molecular weight excluding hydrogens is 282 g/mol. The Morgan fingerprint density at radius 1 is 1.00 bits per heavy atom. The Labute approximate surface area is 126 Å². The molecule has 0 aromatic heterocycles. The second-order valence-electron chi connectivity index (χ2n) is 4.71. The van der Waals surface area contributed by atoms with Crippen molar-refractivity contribution in [3.05, 3.63) is 87.5 Å². The maximum Gasteiger partial charge on any atom is 0.343 e. The normalized spacial score (nSPS) is 15.5. The van der Waals surface area contributed by atoms with Gasteiger partial charge in [-0.15, -0.1) is 0 Å². The molecule has 0 unspecified atom stereocenters. The van der Waals surface area contributed by atoms with Gasteiger partial charge in [-0.2, -0.15) is 0 Å². The van der Waals surface area contributed by atoms with Crippen molar-refractivity contribution in [1.82, 2.24) is 0 Å². The van der Waals surface area contributed by atoms with Crippen molar-refractivity contribution in [1.29, 1.82) is 0 Å². The first-order valence-corrected chi connectivity index (χ1v) is 6.59. The number of nitrogens with zero attached hydrogens (tertiary/aromatic N) is 1. The fraction of sp³-hybridized carbons (Fsp3) is 0. The molecule has 108 valence electrons. The largest absolute Gasteiger partial charge is 0.422 e. The second-order valence-corrected chi connectivity index (χ2v) is 4.71. The van der Waals surface area contributed by atoms with Gasteiger partial charge in [0, 0.05) is 17.7 Å². The molecule has 0 aliphatic carbocycles. The lowest BCUT2D eigenvalue weighted by atomic mass is 10.1. The Morgan fingerprint density at radius 2 is 1.68 bits per heavy atom. The van der Waals surface area contributed by atoms with Crippen molar-refractivity contribution in [2.24, 2.45) is 0 Å². The maximum absolute atomic E-state index is 11.9. The lowest BCUT2D eigenvalue weighted by molar-refractivity contribution is -0.384. The van der Waals surface area contributed by atoms with Crippen molar-refractivity contribution < 1.29 is 14.5 Å². The summed E-state index contributed by atoms with van der Waals surface area (Å²) in [5.41, 5.74) is 1.94. The highest BCUT2D eigenvalue weighted by Gasteiger charge is 2.21. The van der Waals surface area contributed by atoms with Crippen LogP contribution in [0.3, 0.4) is 0 Å².